The molecular formula is C24H15ClFNO3. The number of nitrogens with zero attached hydrogens (tertiary/aromatic N) is 1. The second-order valence-corrected chi connectivity index (χ2v) is 7.63. The average molecular weight is 420 g/mol. The Bertz CT molecular complexity index is 1350. The average Bonchev–Trinajstić information content (AvgIpc) is 3.02. The van der Waals surface area contributed by atoms with Crippen molar-refractivity contribution < 1.29 is 13.6 Å². The lowest BCUT2D eigenvalue weighted by Gasteiger charge is -2.25. The fourth-order valence-electron chi connectivity index (χ4n) is 3.96. The van der Waals surface area contributed by atoms with Gasteiger partial charge in [-0.3, -0.25) is 9.59 Å². The van der Waals surface area contributed by atoms with Gasteiger partial charge in [0.05, 0.1) is 17.0 Å². The van der Waals surface area contributed by atoms with Crippen molar-refractivity contribution >= 4 is 28.5 Å². The summed E-state index contributed by atoms with van der Waals surface area (Å²) >= 11 is 6.07. The maximum Gasteiger partial charge on any atom is 0.291 e. The quantitative estimate of drug-likeness (QED) is 0.451. The van der Waals surface area contributed by atoms with Gasteiger partial charge < -0.3 is 9.32 Å². The minimum Gasteiger partial charge on any atom is -0.450 e. The molecule has 1 unspecified atom stereocenters. The van der Waals surface area contributed by atoms with Gasteiger partial charge in [-0.2, -0.15) is 0 Å². The fourth-order valence-corrected chi connectivity index (χ4v) is 4.13. The molecule has 0 aliphatic carbocycles. The summed E-state index contributed by atoms with van der Waals surface area (Å²) in [5.41, 5.74) is 1.55. The van der Waals surface area contributed by atoms with E-state index in [9.17, 15) is 14.0 Å². The smallest absolute Gasteiger partial charge is 0.291 e. The second-order valence-electron chi connectivity index (χ2n) is 7.19. The maximum atomic E-state index is 14.0. The van der Waals surface area contributed by atoms with Crippen molar-refractivity contribution in [3.8, 4) is 0 Å². The Morgan fingerprint density at radius 2 is 1.77 bits per heavy atom. The van der Waals surface area contributed by atoms with Gasteiger partial charge in [0.25, 0.3) is 5.91 Å². The van der Waals surface area contributed by atoms with Gasteiger partial charge in [-0.15, -0.1) is 0 Å². The zero-order valence-electron chi connectivity index (χ0n) is 15.6. The molecule has 0 spiro atoms. The lowest BCUT2D eigenvalue weighted by atomic mass is 9.98. The van der Waals surface area contributed by atoms with E-state index in [1.165, 1.54) is 18.2 Å². The molecule has 3 aromatic carbocycles. The molecule has 1 amide bonds. The van der Waals surface area contributed by atoms with Crippen molar-refractivity contribution in [1.82, 2.24) is 4.90 Å². The van der Waals surface area contributed by atoms with E-state index < -0.39 is 17.8 Å². The van der Waals surface area contributed by atoms with Crippen molar-refractivity contribution in [3.63, 3.8) is 0 Å². The van der Waals surface area contributed by atoms with Crippen LogP contribution in [0, 0.1) is 5.82 Å². The summed E-state index contributed by atoms with van der Waals surface area (Å²) in [6, 6.07) is 19.3. The van der Waals surface area contributed by atoms with Crippen LogP contribution in [0.3, 0.4) is 0 Å². The maximum absolute atomic E-state index is 14.0. The highest BCUT2D eigenvalue weighted by molar-refractivity contribution is 6.31. The zero-order valence-corrected chi connectivity index (χ0v) is 16.4. The van der Waals surface area contributed by atoms with Gasteiger partial charge in [-0.1, -0.05) is 54.1 Å². The van der Waals surface area contributed by atoms with E-state index in [4.69, 9.17) is 16.0 Å². The van der Waals surface area contributed by atoms with Gasteiger partial charge in [-0.25, -0.2) is 4.39 Å². The van der Waals surface area contributed by atoms with Crippen molar-refractivity contribution in [3.05, 3.63) is 116 Å². The lowest BCUT2D eigenvalue weighted by Crippen LogP contribution is -2.29. The van der Waals surface area contributed by atoms with Crippen LogP contribution in [0.2, 0.25) is 5.02 Å². The van der Waals surface area contributed by atoms with Crippen LogP contribution in [0.4, 0.5) is 4.39 Å². The molecule has 4 aromatic rings. The highest BCUT2D eigenvalue weighted by atomic mass is 35.5. The number of amides is 1. The van der Waals surface area contributed by atoms with Crippen molar-refractivity contribution in [2.45, 2.75) is 12.6 Å². The Morgan fingerprint density at radius 3 is 2.53 bits per heavy atom. The molecule has 0 saturated carbocycles. The van der Waals surface area contributed by atoms with E-state index in [2.05, 4.69) is 0 Å². The molecule has 0 N–H and O–H groups in total. The van der Waals surface area contributed by atoms with Crippen molar-refractivity contribution in [1.29, 1.82) is 0 Å². The number of carbonyl (C=O) groups is 1. The van der Waals surface area contributed by atoms with E-state index >= 15 is 0 Å². The third kappa shape index (κ3) is 2.99. The molecule has 148 valence electrons. The summed E-state index contributed by atoms with van der Waals surface area (Å²) in [6.45, 7) is 0.252. The highest BCUT2D eigenvalue weighted by Crippen LogP contribution is 2.39. The molecule has 5 rings (SSSR count). The summed E-state index contributed by atoms with van der Waals surface area (Å²) in [6.07, 6.45) is 0. The first-order valence-corrected chi connectivity index (χ1v) is 9.77. The van der Waals surface area contributed by atoms with Crippen LogP contribution in [-0.2, 0) is 6.54 Å². The first-order chi connectivity index (χ1) is 14.5. The molecule has 6 heteroatoms. The number of fused-ring (bicyclic) bond motifs is 2. The summed E-state index contributed by atoms with van der Waals surface area (Å²) in [5, 5.41) is 0.680. The van der Waals surface area contributed by atoms with Crippen molar-refractivity contribution in [2.24, 2.45) is 0 Å². The Balaban J connectivity index is 1.75. The topological polar surface area (TPSA) is 50.5 Å². The Kier molecular flexibility index (Phi) is 4.40. The van der Waals surface area contributed by atoms with Gasteiger partial charge >= 0.3 is 0 Å². The minimum atomic E-state index is -0.761. The van der Waals surface area contributed by atoms with Gasteiger partial charge in [0.15, 0.2) is 5.43 Å². The normalized spacial score (nSPS) is 15.6. The monoisotopic (exact) mass is 419 g/mol. The molecule has 0 bridgehead atoms. The molecule has 2 heterocycles. The van der Waals surface area contributed by atoms with Crippen LogP contribution in [-0.4, -0.2) is 10.8 Å². The number of hydrogen-bond acceptors (Lipinski definition) is 3. The molecule has 1 aromatic heterocycles. The van der Waals surface area contributed by atoms with Gasteiger partial charge in [0.2, 0.25) is 5.76 Å². The molecule has 0 fully saturated rings. The highest BCUT2D eigenvalue weighted by Gasteiger charge is 2.42. The Labute approximate surface area is 176 Å². The summed E-state index contributed by atoms with van der Waals surface area (Å²) < 4.78 is 19.9. The SMILES string of the molecule is O=C1c2oc3ccc(Cl)cc3c(=O)c2C(c2cccc(F)c2)N1Cc1ccccc1. The van der Waals surface area contributed by atoms with Crippen molar-refractivity contribution in [2.75, 3.05) is 0 Å². The molecule has 1 aliphatic heterocycles. The third-order valence-electron chi connectivity index (χ3n) is 5.29. The first kappa shape index (κ1) is 18.6. The summed E-state index contributed by atoms with van der Waals surface area (Å²) in [7, 11) is 0. The predicted molar refractivity (Wildman–Crippen MR) is 112 cm³/mol. The van der Waals surface area contributed by atoms with E-state index in [0.717, 1.165) is 5.56 Å². The predicted octanol–water partition coefficient (Wildman–Crippen LogP) is 5.33. The molecule has 4 nitrogen and oxygen atoms in total. The zero-order chi connectivity index (χ0) is 20.8. The standard InChI is InChI=1S/C24H15ClFNO3/c25-16-9-10-19-18(12-16)22(28)20-21(15-7-4-8-17(26)11-15)27(24(29)23(20)30-19)13-14-5-2-1-3-6-14/h1-12,21H,13H2. The lowest BCUT2D eigenvalue weighted by molar-refractivity contribution is 0.0714. The number of halogens is 2. The van der Waals surface area contributed by atoms with E-state index in [1.54, 1.807) is 29.2 Å². The number of rotatable bonds is 3. The fraction of sp³-hybridized carbons (Fsp3) is 0.0833. The Morgan fingerprint density at radius 1 is 0.967 bits per heavy atom. The van der Waals surface area contributed by atoms with E-state index in [1.807, 2.05) is 30.3 Å². The molecule has 0 saturated heterocycles. The van der Waals surface area contributed by atoms with Crippen LogP contribution in [0.5, 0.6) is 0 Å². The van der Waals surface area contributed by atoms with Crippen LogP contribution >= 0.6 is 11.6 Å². The number of carbonyl (C=O) groups excluding carboxylic acids is 1. The minimum absolute atomic E-state index is 0.0139. The third-order valence-corrected chi connectivity index (χ3v) is 5.52. The molecule has 1 atom stereocenters. The van der Waals surface area contributed by atoms with E-state index in [0.29, 0.717) is 10.6 Å². The molecule has 1 aliphatic rings. The van der Waals surface area contributed by atoms with Crippen LogP contribution in [0.25, 0.3) is 11.0 Å². The Hall–Kier alpha value is -3.44. The first-order valence-electron chi connectivity index (χ1n) is 9.39. The number of benzene rings is 3. The molecule has 0 radical (unpaired) electrons. The summed E-state index contributed by atoms with van der Waals surface area (Å²) in [4.78, 5) is 28.2. The van der Waals surface area contributed by atoms with Crippen LogP contribution in [0.1, 0.15) is 33.3 Å². The second kappa shape index (κ2) is 7.11. The molecular weight excluding hydrogens is 405 g/mol. The van der Waals surface area contributed by atoms with Gasteiger partial charge in [0.1, 0.15) is 11.4 Å². The number of hydrogen-bond donors (Lipinski definition) is 0. The van der Waals surface area contributed by atoms with Crippen LogP contribution in [0.15, 0.2) is 82.0 Å². The largest absolute Gasteiger partial charge is 0.450 e. The van der Waals surface area contributed by atoms with E-state index in [-0.39, 0.29) is 34.3 Å². The van der Waals surface area contributed by atoms with Gasteiger partial charge in [-0.05, 0) is 41.5 Å². The van der Waals surface area contributed by atoms with Gasteiger partial charge in [0, 0.05) is 11.6 Å². The summed E-state index contributed by atoms with van der Waals surface area (Å²) in [5.74, 6) is -0.863. The molecule has 30 heavy (non-hydrogen) atoms. The van der Waals surface area contributed by atoms with Crippen LogP contribution < -0.4 is 5.43 Å².